The molecule has 144 valence electrons. The third-order valence-corrected chi connectivity index (χ3v) is 4.53. The highest BCUT2D eigenvalue weighted by atomic mass is 35.5. The molecule has 2 rings (SSSR count). The summed E-state index contributed by atoms with van der Waals surface area (Å²) in [5, 5.41) is 4.89. The Labute approximate surface area is 165 Å². The molecule has 1 aromatic carbocycles. The molecule has 0 unspecified atom stereocenters. The van der Waals surface area contributed by atoms with Crippen LogP contribution in [0.15, 0.2) is 30.3 Å². The Morgan fingerprint density at radius 2 is 1.81 bits per heavy atom. The Balaban J connectivity index is 2.05. The average Bonchev–Trinajstić information content (AvgIpc) is 2.85. The molecule has 2 aromatic rings. The third kappa shape index (κ3) is 5.79. The molecule has 0 saturated heterocycles. The van der Waals surface area contributed by atoms with E-state index < -0.39 is 11.4 Å². The number of carbonyl (C=O) groups excluding carboxylic acids is 2. The second-order valence-electron chi connectivity index (χ2n) is 7.55. The molecule has 1 aromatic heterocycles. The summed E-state index contributed by atoms with van der Waals surface area (Å²) in [5.74, 6) is -0.723. The maximum Gasteiger partial charge on any atom is 0.331 e. The first kappa shape index (κ1) is 20.9. The van der Waals surface area contributed by atoms with E-state index in [2.05, 4.69) is 5.10 Å². The fourth-order valence-electron chi connectivity index (χ4n) is 2.28. The largest absolute Gasteiger partial charge is 0.455 e. The lowest BCUT2D eigenvalue weighted by molar-refractivity contribution is -0.145. The van der Waals surface area contributed by atoms with Gasteiger partial charge < -0.3 is 4.74 Å². The number of ketones is 1. The topological polar surface area (TPSA) is 61.2 Å². The summed E-state index contributed by atoms with van der Waals surface area (Å²) in [6.07, 6.45) is 2.84. The maximum atomic E-state index is 11.9. The van der Waals surface area contributed by atoms with Gasteiger partial charge in [-0.15, -0.1) is 0 Å². The second kappa shape index (κ2) is 8.53. The summed E-state index contributed by atoms with van der Waals surface area (Å²) in [4.78, 5) is 23.7. The number of ether oxygens (including phenoxy) is 1. The number of aromatic nitrogens is 2. The molecule has 0 aliphatic rings. The smallest absolute Gasteiger partial charge is 0.331 e. The lowest BCUT2D eigenvalue weighted by Gasteiger charge is -2.15. The summed E-state index contributed by atoms with van der Waals surface area (Å²) in [6.45, 7) is 9.50. The monoisotopic (exact) mass is 388 g/mol. The minimum atomic E-state index is -0.589. The molecule has 6 heteroatoms. The van der Waals surface area contributed by atoms with Crippen LogP contribution in [0.5, 0.6) is 0 Å². The molecule has 0 aliphatic heterocycles. The van der Waals surface area contributed by atoms with Crippen LogP contribution >= 0.6 is 11.6 Å². The molecule has 0 bridgehead atoms. The van der Waals surface area contributed by atoms with Gasteiger partial charge in [-0.2, -0.15) is 5.10 Å². The zero-order chi connectivity index (χ0) is 20.2. The summed E-state index contributed by atoms with van der Waals surface area (Å²) in [5.41, 5.74) is 3.10. The van der Waals surface area contributed by atoms with Crippen molar-refractivity contribution in [3.05, 3.63) is 57.9 Å². The highest BCUT2D eigenvalue weighted by molar-refractivity contribution is 6.31. The Kier molecular flexibility index (Phi) is 6.60. The molecule has 0 atom stereocenters. The third-order valence-electron chi connectivity index (χ3n) is 4.13. The quantitative estimate of drug-likeness (QED) is 0.544. The van der Waals surface area contributed by atoms with Crippen molar-refractivity contribution in [2.24, 2.45) is 5.41 Å². The van der Waals surface area contributed by atoms with Crippen LogP contribution in [-0.4, -0.2) is 28.1 Å². The number of carbonyl (C=O) groups is 2. The van der Waals surface area contributed by atoms with E-state index in [1.165, 1.54) is 11.6 Å². The number of nitrogens with zero attached hydrogens (tertiary/aromatic N) is 2. The number of hydrogen-bond donors (Lipinski definition) is 0. The van der Waals surface area contributed by atoms with Crippen LogP contribution in [0.3, 0.4) is 0 Å². The average molecular weight is 389 g/mol. The van der Waals surface area contributed by atoms with Crippen molar-refractivity contribution in [1.82, 2.24) is 9.78 Å². The van der Waals surface area contributed by atoms with E-state index in [0.29, 0.717) is 23.0 Å². The van der Waals surface area contributed by atoms with Gasteiger partial charge >= 0.3 is 5.97 Å². The van der Waals surface area contributed by atoms with Crippen LogP contribution in [0, 0.1) is 19.3 Å². The van der Waals surface area contributed by atoms with Crippen LogP contribution in [0.2, 0.25) is 5.15 Å². The summed E-state index contributed by atoms with van der Waals surface area (Å²) >= 11 is 6.42. The molecule has 1 heterocycles. The first-order valence-corrected chi connectivity index (χ1v) is 9.12. The van der Waals surface area contributed by atoms with E-state index in [-0.39, 0.29) is 12.4 Å². The molecule has 0 aliphatic carbocycles. The van der Waals surface area contributed by atoms with Gasteiger partial charge in [0, 0.05) is 17.1 Å². The van der Waals surface area contributed by atoms with Gasteiger partial charge in [0.15, 0.2) is 12.4 Å². The Morgan fingerprint density at radius 3 is 2.41 bits per heavy atom. The lowest BCUT2D eigenvalue weighted by atomic mass is 9.91. The number of hydrogen-bond acceptors (Lipinski definition) is 4. The predicted octanol–water partition coefficient (Wildman–Crippen LogP) is 4.37. The van der Waals surface area contributed by atoms with Crippen molar-refractivity contribution in [3.8, 4) is 0 Å². The SMILES string of the molecule is Cc1ccc(Cn2nc(C)c(/C=C/C(=O)OCC(=O)C(C)(C)C)c2Cl)cc1. The Morgan fingerprint density at radius 1 is 1.19 bits per heavy atom. The van der Waals surface area contributed by atoms with Crippen molar-refractivity contribution < 1.29 is 14.3 Å². The Hall–Kier alpha value is -2.40. The molecule has 5 nitrogen and oxygen atoms in total. The van der Waals surface area contributed by atoms with E-state index >= 15 is 0 Å². The van der Waals surface area contributed by atoms with Gasteiger partial charge in [-0.3, -0.25) is 4.79 Å². The van der Waals surface area contributed by atoms with Crippen LogP contribution < -0.4 is 0 Å². The number of Topliss-reactive ketones (excluding diaryl/α,β-unsaturated/α-hetero) is 1. The molecular weight excluding hydrogens is 364 g/mol. The molecular formula is C21H25ClN2O3. The van der Waals surface area contributed by atoms with Crippen LogP contribution in [0.25, 0.3) is 6.08 Å². The number of rotatable bonds is 6. The second-order valence-corrected chi connectivity index (χ2v) is 7.91. The van der Waals surface area contributed by atoms with E-state index in [0.717, 1.165) is 5.56 Å². The van der Waals surface area contributed by atoms with Gasteiger partial charge in [0.25, 0.3) is 0 Å². The minimum Gasteiger partial charge on any atom is -0.455 e. The van der Waals surface area contributed by atoms with E-state index in [1.807, 2.05) is 38.1 Å². The summed E-state index contributed by atoms with van der Waals surface area (Å²) in [7, 11) is 0. The fourth-order valence-corrected chi connectivity index (χ4v) is 2.58. The van der Waals surface area contributed by atoms with Gasteiger partial charge in [-0.05, 0) is 25.5 Å². The predicted molar refractivity (Wildman–Crippen MR) is 107 cm³/mol. The van der Waals surface area contributed by atoms with Gasteiger partial charge in [-0.1, -0.05) is 62.2 Å². The van der Waals surface area contributed by atoms with Gasteiger partial charge in [0.05, 0.1) is 12.2 Å². The summed E-state index contributed by atoms with van der Waals surface area (Å²) < 4.78 is 6.69. The zero-order valence-corrected chi connectivity index (χ0v) is 17.1. The highest BCUT2D eigenvalue weighted by Crippen LogP contribution is 2.22. The van der Waals surface area contributed by atoms with E-state index in [1.54, 1.807) is 31.5 Å². The van der Waals surface area contributed by atoms with Gasteiger partial charge in [-0.25, -0.2) is 9.48 Å². The zero-order valence-electron chi connectivity index (χ0n) is 16.4. The summed E-state index contributed by atoms with van der Waals surface area (Å²) in [6, 6.07) is 8.13. The van der Waals surface area contributed by atoms with Gasteiger partial charge in [0.2, 0.25) is 0 Å². The fraction of sp³-hybridized carbons (Fsp3) is 0.381. The Bertz CT molecular complexity index is 859. The molecule has 0 amide bonds. The number of aryl methyl sites for hydroxylation is 2. The van der Waals surface area contributed by atoms with E-state index in [9.17, 15) is 9.59 Å². The van der Waals surface area contributed by atoms with E-state index in [4.69, 9.17) is 16.3 Å². The van der Waals surface area contributed by atoms with Crippen LogP contribution in [0.4, 0.5) is 0 Å². The first-order valence-electron chi connectivity index (χ1n) is 8.74. The molecule has 27 heavy (non-hydrogen) atoms. The van der Waals surface area contributed by atoms with Crippen molar-refractivity contribution in [3.63, 3.8) is 0 Å². The number of benzene rings is 1. The van der Waals surface area contributed by atoms with Crippen molar-refractivity contribution in [2.45, 2.75) is 41.2 Å². The number of halogens is 1. The molecule has 0 fully saturated rings. The maximum absolute atomic E-state index is 11.9. The van der Waals surface area contributed by atoms with Crippen LogP contribution in [-0.2, 0) is 20.9 Å². The normalized spacial score (nSPS) is 11.8. The molecule has 0 N–H and O–H groups in total. The van der Waals surface area contributed by atoms with Crippen molar-refractivity contribution >= 4 is 29.4 Å². The number of esters is 1. The standard InChI is InChI=1S/C21H25ClN2O3/c1-14-6-8-16(9-7-14)12-24-20(22)17(15(2)23-24)10-11-19(26)27-13-18(25)21(3,4)5/h6-11H,12-13H2,1-5H3/b11-10+. The van der Waals surface area contributed by atoms with Crippen LogP contribution in [0.1, 0.15) is 43.2 Å². The van der Waals surface area contributed by atoms with Crippen molar-refractivity contribution in [2.75, 3.05) is 6.61 Å². The minimum absolute atomic E-state index is 0.135. The molecule has 0 radical (unpaired) electrons. The molecule has 0 saturated carbocycles. The highest BCUT2D eigenvalue weighted by Gasteiger charge is 2.22. The van der Waals surface area contributed by atoms with Gasteiger partial charge in [0.1, 0.15) is 5.15 Å². The molecule has 0 spiro atoms. The van der Waals surface area contributed by atoms with Crippen molar-refractivity contribution in [1.29, 1.82) is 0 Å². The first-order chi connectivity index (χ1) is 12.6. The lowest BCUT2D eigenvalue weighted by Crippen LogP contribution is -2.25.